The minimum absolute atomic E-state index is 0.00539. The lowest BCUT2D eigenvalue weighted by atomic mass is 9.86. The molecule has 0 atom stereocenters. The molecule has 27 heavy (non-hydrogen) atoms. The number of ketones is 1. The minimum atomic E-state index is -1.11. The van der Waals surface area contributed by atoms with Crippen molar-refractivity contribution in [1.29, 1.82) is 0 Å². The highest BCUT2D eigenvalue weighted by atomic mass is 16.4. The van der Waals surface area contributed by atoms with Crippen molar-refractivity contribution in [2.75, 3.05) is 0 Å². The second kappa shape index (κ2) is 7.19. The first-order valence-corrected chi connectivity index (χ1v) is 8.76. The molecular weight excluding hydrogens is 340 g/mol. The van der Waals surface area contributed by atoms with E-state index in [-0.39, 0.29) is 23.4 Å². The highest BCUT2D eigenvalue weighted by molar-refractivity contribution is 5.96. The number of Topliss-reactive ketones (excluding diaryl/α,β-unsaturated/α-hetero) is 1. The molecule has 0 aliphatic rings. The van der Waals surface area contributed by atoms with E-state index in [1.165, 1.54) is 16.3 Å². The average molecular weight is 362 g/mol. The average Bonchev–Trinajstić information content (AvgIpc) is 3.06. The van der Waals surface area contributed by atoms with Gasteiger partial charge in [0.25, 0.3) is 0 Å². The molecule has 0 unspecified atom stereocenters. The van der Waals surface area contributed by atoms with Gasteiger partial charge in [-0.2, -0.15) is 5.10 Å². The van der Waals surface area contributed by atoms with Gasteiger partial charge in [-0.15, -0.1) is 0 Å². The molecule has 0 radical (unpaired) electrons. The van der Waals surface area contributed by atoms with Crippen LogP contribution in [0.4, 0.5) is 0 Å². The van der Waals surface area contributed by atoms with Crippen LogP contribution in [0.3, 0.4) is 0 Å². The van der Waals surface area contributed by atoms with Gasteiger partial charge < -0.3 is 5.11 Å². The first-order chi connectivity index (χ1) is 12.8. The van der Waals surface area contributed by atoms with Crippen LogP contribution in [-0.4, -0.2) is 26.6 Å². The number of hydrogen-bond donors (Lipinski definition) is 1. The van der Waals surface area contributed by atoms with Gasteiger partial charge in [0, 0.05) is 11.1 Å². The number of aromatic nitrogens is 2. The van der Waals surface area contributed by atoms with Crippen LogP contribution in [0, 0.1) is 0 Å². The number of benzene rings is 2. The van der Waals surface area contributed by atoms with Crippen LogP contribution >= 0.6 is 0 Å². The number of carbonyl (C=O) groups excluding carboxylic acids is 1. The van der Waals surface area contributed by atoms with E-state index in [9.17, 15) is 14.7 Å². The maximum absolute atomic E-state index is 12.4. The van der Waals surface area contributed by atoms with E-state index < -0.39 is 5.97 Å². The molecule has 1 heterocycles. The summed E-state index contributed by atoms with van der Waals surface area (Å²) in [4.78, 5) is 24.0. The van der Waals surface area contributed by atoms with Crippen LogP contribution in [-0.2, 0) is 12.0 Å². The number of aromatic carboxylic acids is 1. The summed E-state index contributed by atoms with van der Waals surface area (Å²) in [7, 11) is 0. The molecule has 1 N–H and O–H groups in total. The second-order valence-corrected chi connectivity index (χ2v) is 7.49. The fourth-order valence-electron chi connectivity index (χ4n) is 2.84. The van der Waals surface area contributed by atoms with E-state index in [0.29, 0.717) is 11.3 Å². The Morgan fingerprint density at radius 3 is 2.19 bits per heavy atom. The van der Waals surface area contributed by atoms with Gasteiger partial charge in [0.2, 0.25) is 0 Å². The standard InChI is InChI=1S/C22H22N2O3/c1-22(2,3)17-11-9-15(10-12-17)18-13-19(21(26)27)24(23-18)14-20(25)16-7-5-4-6-8-16/h4-13H,14H2,1-3H3,(H,26,27). The Morgan fingerprint density at radius 2 is 1.63 bits per heavy atom. The van der Waals surface area contributed by atoms with Crippen LogP contribution in [0.15, 0.2) is 60.7 Å². The molecule has 0 amide bonds. The van der Waals surface area contributed by atoms with Crippen LogP contribution < -0.4 is 0 Å². The Kier molecular flexibility index (Phi) is 4.95. The van der Waals surface area contributed by atoms with Gasteiger partial charge in [-0.1, -0.05) is 75.4 Å². The summed E-state index contributed by atoms with van der Waals surface area (Å²) in [6.07, 6.45) is 0. The van der Waals surface area contributed by atoms with E-state index in [1.54, 1.807) is 24.3 Å². The van der Waals surface area contributed by atoms with Crippen LogP contribution in [0.5, 0.6) is 0 Å². The van der Waals surface area contributed by atoms with Gasteiger partial charge in [-0.3, -0.25) is 4.79 Å². The highest BCUT2D eigenvalue weighted by Gasteiger charge is 2.19. The molecule has 0 aliphatic carbocycles. The number of nitrogens with zero attached hydrogens (tertiary/aromatic N) is 2. The SMILES string of the molecule is CC(C)(C)c1ccc(-c2cc(C(=O)O)n(CC(=O)c3ccccc3)n2)cc1. The van der Waals surface area contributed by atoms with Gasteiger partial charge in [0.05, 0.1) is 5.69 Å². The summed E-state index contributed by atoms with van der Waals surface area (Å²) < 4.78 is 1.25. The molecule has 3 aromatic rings. The largest absolute Gasteiger partial charge is 0.477 e. The third-order valence-corrected chi connectivity index (χ3v) is 4.43. The topological polar surface area (TPSA) is 72.2 Å². The number of hydrogen-bond acceptors (Lipinski definition) is 3. The van der Waals surface area contributed by atoms with Gasteiger partial charge in [-0.25, -0.2) is 9.48 Å². The molecule has 1 aromatic heterocycles. The predicted octanol–water partition coefficient (Wildman–Crippen LogP) is 4.43. The van der Waals surface area contributed by atoms with E-state index >= 15 is 0 Å². The zero-order chi connectivity index (χ0) is 19.6. The summed E-state index contributed by atoms with van der Waals surface area (Å²) in [5.41, 5.74) is 3.09. The monoisotopic (exact) mass is 362 g/mol. The molecule has 0 spiro atoms. The first-order valence-electron chi connectivity index (χ1n) is 8.76. The molecule has 0 aliphatic heterocycles. The molecule has 138 valence electrons. The number of carbonyl (C=O) groups is 2. The number of rotatable bonds is 5. The first kappa shape index (κ1) is 18.6. The smallest absolute Gasteiger partial charge is 0.354 e. The summed E-state index contributed by atoms with van der Waals surface area (Å²) in [6.45, 7) is 6.28. The maximum atomic E-state index is 12.4. The van der Waals surface area contributed by atoms with E-state index in [0.717, 1.165) is 5.56 Å². The maximum Gasteiger partial charge on any atom is 0.354 e. The Morgan fingerprint density at radius 1 is 1.00 bits per heavy atom. The van der Waals surface area contributed by atoms with Gasteiger partial charge in [-0.05, 0) is 17.0 Å². The summed E-state index contributed by atoms with van der Waals surface area (Å²) in [5.74, 6) is -1.29. The van der Waals surface area contributed by atoms with Gasteiger partial charge in [0.15, 0.2) is 5.78 Å². The lowest BCUT2D eigenvalue weighted by molar-refractivity contribution is 0.0683. The number of carboxylic acid groups (broad SMARTS) is 1. The molecule has 0 saturated carbocycles. The van der Waals surface area contributed by atoms with Crippen molar-refractivity contribution in [3.05, 3.63) is 77.5 Å². The minimum Gasteiger partial charge on any atom is -0.477 e. The molecule has 3 rings (SSSR count). The van der Waals surface area contributed by atoms with Crippen LogP contribution in [0.25, 0.3) is 11.3 Å². The fourth-order valence-corrected chi connectivity index (χ4v) is 2.84. The van der Waals surface area contributed by atoms with E-state index in [4.69, 9.17) is 0 Å². The van der Waals surface area contributed by atoms with Crippen molar-refractivity contribution in [1.82, 2.24) is 9.78 Å². The molecule has 0 fully saturated rings. The summed E-state index contributed by atoms with van der Waals surface area (Å²) in [6, 6.07) is 18.2. The third-order valence-electron chi connectivity index (χ3n) is 4.43. The molecule has 2 aromatic carbocycles. The predicted molar refractivity (Wildman–Crippen MR) is 104 cm³/mol. The lowest BCUT2D eigenvalue weighted by Crippen LogP contribution is -2.16. The molecule has 0 saturated heterocycles. The Labute approximate surface area is 158 Å². The quantitative estimate of drug-likeness (QED) is 0.682. The Bertz CT molecular complexity index is 965. The zero-order valence-corrected chi connectivity index (χ0v) is 15.6. The Balaban J connectivity index is 1.92. The van der Waals surface area contributed by atoms with Crippen molar-refractivity contribution < 1.29 is 14.7 Å². The normalized spacial score (nSPS) is 11.4. The lowest BCUT2D eigenvalue weighted by Gasteiger charge is -2.18. The highest BCUT2D eigenvalue weighted by Crippen LogP contribution is 2.26. The zero-order valence-electron chi connectivity index (χ0n) is 15.6. The van der Waals surface area contributed by atoms with Gasteiger partial charge in [0.1, 0.15) is 12.2 Å². The van der Waals surface area contributed by atoms with Crippen molar-refractivity contribution in [3.63, 3.8) is 0 Å². The second-order valence-electron chi connectivity index (χ2n) is 7.49. The molecular formula is C22H22N2O3. The van der Waals surface area contributed by atoms with Crippen molar-refractivity contribution in [2.45, 2.75) is 32.7 Å². The van der Waals surface area contributed by atoms with Crippen molar-refractivity contribution >= 4 is 11.8 Å². The Hall–Kier alpha value is -3.21. The van der Waals surface area contributed by atoms with Crippen molar-refractivity contribution in [3.8, 4) is 11.3 Å². The van der Waals surface area contributed by atoms with Gasteiger partial charge >= 0.3 is 5.97 Å². The molecule has 5 nitrogen and oxygen atoms in total. The van der Waals surface area contributed by atoms with E-state index in [1.807, 2.05) is 30.3 Å². The number of carboxylic acids is 1. The fraction of sp³-hybridized carbons (Fsp3) is 0.227. The summed E-state index contributed by atoms with van der Waals surface area (Å²) >= 11 is 0. The van der Waals surface area contributed by atoms with Crippen LogP contribution in [0.2, 0.25) is 0 Å². The third kappa shape index (κ3) is 4.14. The van der Waals surface area contributed by atoms with Crippen molar-refractivity contribution in [2.24, 2.45) is 0 Å². The van der Waals surface area contributed by atoms with Crippen LogP contribution in [0.1, 0.15) is 47.2 Å². The van der Waals surface area contributed by atoms with E-state index in [2.05, 4.69) is 25.9 Å². The molecule has 5 heteroatoms. The molecule has 0 bridgehead atoms. The summed E-state index contributed by atoms with van der Waals surface area (Å²) in [5, 5.41) is 13.9.